The first-order chi connectivity index (χ1) is 8.43. The quantitative estimate of drug-likeness (QED) is 0.881. The molecule has 1 aromatic heterocycles. The van der Waals surface area contributed by atoms with Gasteiger partial charge in [-0.2, -0.15) is 16.9 Å². The number of nitrogens with one attached hydrogen (secondary N) is 1. The van der Waals surface area contributed by atoms with Crippen LogP contribution in [-0.4, -0.2) is 26.8 Å². The number of thioether (sulfide) groups is 1. The molecule has 4 nitrogen and oxygen atoms in total. The van der Waals surface area contributed by atoms with E-state index in [0.717, 1.165) is 23.7 Å². The van der Waals surface area contributed by atoms with E-state index in [1.807, 2.05) is 11.7 Å². The van der Waals surface area contributed by atoms with E-state index in [4.69, 9.17) is 5.73 Å². The Kier molecular flexibility index (Phi) is 3.80. The molecular weight excluding hydrogens is 244 g/mol. The zero-order chi connectivity index (χ0) is 13.3. The molecule has 0 amide bonds. The Balaban J connectivity index is 2.09. The molecule has 1 aliphatic heterocycles. The highest BCUT2D eigenvalue weighted by atomic mass is 32.2. The normalized spacial score (nSPS) is 23.8. The van der Waals surface area contributed by atoms with Crippen LogP contribution in [0.4, 0.5) is 11.5 Å². The number of nitrogen functional groups attached to an aromatic ring is 1. The monoisotopic (exact) mass is 268 g/mol. The Labute approximate surface area is 114 Å². The maximum Gasteiger partial charge on any atom is 0.147 e. The lowest BCUT2D eigenvalue weighted by molar-refractivity contribution is 0.628. The Hall–Kier alpha value is -0.840. The molecule has 0 aliphatic carbocycles. The second-order valence-corrected chi connectivity index (χ2v) is 7.36. The van der Waals surface area contributed by atoms with Crippen molar-refractivity contribution in [1.29, 1.82) is 0 Å². The van der Waals surface area contributed by atoms with Crippen molar-refractivity contribution in [2.45, 2.75) is 44.3 Å². The molecule has 0 radical (unpaired) electrons. The molecule has 5 heteroatoms. The largest absolute Gasteiger partial charge is 0.394 e. The molecule has 1 fully saturated rings. The SMILES string of the molecule is CC(C)c1nn(C)c(NCC2(C)CCCS2)c1N. The first-order valence-corrected chi connectivity index (χ1v) is 7.62. The van der Waals surface area contributed by atoms with Crippen molar-refractivity contribution in [3.8, 4) is 0 Å². The highest BCUT2D eigenvalue weighted by molar-refractivity contribution is 8.00. The van der Waals surface area contributed by atoms with E-state index in [2.05, 4.69) is 42.9 Å². The van der Waals surface area contributed by atoms with Gasteiger partial charge in [-0.25, -0.2) is 0 Å². The van der Waals surface area contributed by atoms with Crippen LogP contribution in [0.2, 0.25) is 0 Å². The van der Waals surface area contributed by atoms with Crippen LogP contribution in [0.1, 0.15) is 45.2 Å². The zero-order valence-electron chi connectivity index (χ0n) is 11.8. The van der Waals surface area contributed by atoms with E-state index >= 15 is 0 Å². The number of nitrogens with two attached hydrogens (primary N) is 1. The summed E-state index contributed by atoms with van der Waals surface area (Å²) in [5.41, 5.74) is 7.98. The minimum absolute atomic E-state index is 0.342. The van der Waals surface area contributed by atoms with Gasteiger partial charge in [-0.15, -0.1) is 0 Å². The van der Waals surface area contributed by atoms with Crippen molar-refractivity contribution in [3.63, 3.8) is 0 Å². The summed E-state index contributed by atoms with van der Waals surface area (Å²) in [7, 11) is 1.95. The van der Waals surface area contributed by atoms with Gasteiger partial charge in [0.05, 0.1) is 11.4 Å². The smallest absolute Gasteiger partial charge is 0.147 e. The topological polar surface area (TPSA) is 55.9 Å². The minimum Gasteiger partial charge on any atom is -0.394 e. The molecule has 1 atom stereocenters. The highest BCUT2D eigenvalue weighted by Gasteiger charge is 2.30. The van der Waals surface area contributed by atoms with Gasteiger partial charge in [-0.1, -0.05) is 13.8 Å². The fourth-order valence-corrected chi connectivity index (χ4v) is 3.69. The first-order valence-electron chi connectivity index (χ1n) is 6.63. The maximum atomic E-state index is 6.18. The Morgan fingerprint density at radius 2 is 2.28 bits per heavy atom. The Morgan fingerprint density at radius 3 is 2.78 bits per heavy atom. The molecule has 0 spiro atoms. The van der Waals surface area contributed by atoms with Crippen LogP contribution in [0.5, 0.6) is 0 Å². The summed E-state index contributed by atoms with van der Waals surface area (Å²) < 4.78 is 2.21. The molecule has 1 saturated heterocycles. The lowest BCUT2D eigenvalue weighted by Crippen LogP contribution is -2.28. The van der Waals surface area contributed by atoms with E-state index in [0.29, 0.717) is 10.7 Å². The minimum atomic E-state index is 0.342. The molecule has 0 bridgehead atoms. The second-order valence-electron chi connectivity index (χ2n) is 5.68. The fourth-order valence-electron chi connectivity index (χ4n) is 2.44. The molecule has 1 aliphatic rings. The van der Waals surface area contributed by atoms with Crippen LogP contribution in [0, 0.1) is 0 Å². The van der Waals surface area contributed by atoms with Gasteiger partial charge in [0.2, 0.25) is 0 Å². The van der Waals surface area contributed by atoms with Crippen LogP contribution in [-0.2, 0) is 7.05 Å². The van der Waals surface area contributed by atoms with Gasteiger partial charge in [0.15, 0.2) is 0 Å². The number of hydrogen-bond donors (Lipinski definition) is 2. The molecule has 0 saturated carbocycles. The molecular formula is C13H24N4S. The van der Waals surface area contributed by atoms with E-state index < -0.39 is 0 Å². The predicted molar refractivity (Wildman–Crippen MR) is 80.3 cm³/mol. The average Bonchev–Trinajstić information content (AvgIpc) is 2.83. The van der Waals surface area contributed by atoms with Crippen LogP contribution >= 0.6 is 11.8 Å². The van der Waals surface area contributed by atoms with Gasteiger partial charge in [-0.3, -0.25) is 4.68 Å². The third-order valence-corrected chi connectivity index (χ3v) is 5.13. The molecule has 1 unspecified atom stereocenters. The van der Waals surface area contributed by atoms with Gasteiger partial charge in [0.25, 0.3) is 0 Å². The van der Waals surface area contributed by atoms with E-state index in [-0.39, 0.29) is 0 Å². The summed E-state index contributed by atoms with van der Waals surface area (Å²) in [6.45, 7) is 7.53. The van der Waals surface area contributed by atoms with Gasteiger partial charge >= 0.3 is 0 Å². The van der Waals surface area contributed by atoms with Crippen molar-refractivity contribution in [3.05, 3.63) is 5.69 Å². The molecule has 18 heavy (non-hydrogen) atoms. The molecule has 3 N–H and O–H groups in total. The van der Waals surface area contributed by atoms with Crippen molar-refractivity contribution in [1.82, 2.24) is 9.78 Å². The first kappa shape index (κ1) is 13.6. The van der Waals surface area contributed by atoms with Crippen LogP contribution in [0.3, 0.4) is 0 Å². The Morgan fingerprint density at radius 1 is 1.56 bits per heavy atom. The summed E-state index contributed by atoms with van der Waals surface area (Å²) in [5.74, 6) is 2.60. The summed E-state index contributed by atoms with van der Waals surface area (Å²) in [4.78, 5) is 0. The number of hydrogen-bond acceptors (Lipinski definition) is 4. The lowest BCUT2D eigenvalue weighted by Gasteiger charge is -2.23. The summed E-state index contributed by atoms with van der Waals surface area (Å²) >= 11 is 2.06. The van der Waals surface area contributed by atoms with E-state index in [1.54, 1.807) is 0 Å². The number of anilines is 2. The molecule has 0 aromatic carbocycles. The van der Waals surface area contributed by atoms with Crippen molar-refractivity contribution in [2.75, 3.05) is 23.3 Å². The molecule has 1 aromatic rings. The second kappa shape index (κ2) is 5.03. The summed E-state index contributed by atoms with van der Waals surface area (Å²) in [6.07, 6.45) is 2.60. The molecule has 102 valence electrons. The van der Waals surface area contributed by atoms with Gasteiger partial charge in [0, 0.05) is 18.3 Å². The van der Waals surface area contributed by atoms with Gasteiger partial charge < -0.3 is 11.1 Å². The van der Waals surface area contributed by atoms with Crippen molar-refractivity contribution < 1.29 is 0 Å². The highest BCUT2D eigenvalue weighted by Crippen LogP contribution is 2.38. The average molecular weight is 268 g/mol. The fraction of sp³-hybridized carbons (Fsp3) is 0.769. The van der Waals surface area contributed by atoms with Crippen LogP contribution in [0.15, 0.2) is 0 Å². The van der Waals surface area contributed by atoms with Gasteiger partial charge in [-0.05, 0) is 31.4 Å². The molecule has 2 heterocycles. The standard InChI is InChI=1S/C13H24N4S/c1-9(2)11-10(14)12(17(4)16-11)15-8-13(3)6-5-7-18-13/h9,15H,5-8,14H2,1-4H3. The summed E-state index contributed by atoms with van der Waals surface area (Å²) in [6, 6.07) is 0. The predicted octanol–water partition coefficient (Wildman–Crippen LogP) is 2.82. The number of aromatic nitrogens is 2. The van der Waals surface area contributed by atoms with Crippen LogP contribution in [0.25, 0.3) is 0 Å². The lowest BCUT2D eigenvalue weighted by atomic mass is 10.1. The number of rotatable bonds is 4. The number of aryl methyl sites for hydroxylation is 1. The number of nitrogens with zero attached hydrogens (tertiary/aromatic N) is 2. The Bertz CT molecular complexity index is 419. The third kappa shape index (κ3) is 2.60. The van der Waals surface area contributed by atoms with E-state index in [1.165, 1.54) is 18.6 Å². The maximum absolute atomic E-state index is 6.18. The van der Waals surface area contributed by atoms with E-state index in [9.17, 15) is 0 Å². The van der Waals surface area contributed by atoms with Crippen LogP contribution < -0.4 is 11.1 Å². The summed E-state index contributed by atoms with van der Waals surface area (Å²) in [5, 5.41) is 7.99. The van der Waals surface area contributed by atoms with Crippen molar-refractivity contribution in [2.24, 2.45) is 7.05 Å². The molecule has 2 rings (SSSR count). The zero-order valence-corrected chi connectivity index (χ0v) is 12.6. The van der Waals surface area contributed by atoms with Gasteiger partial charge in [0.1, 0.15) is 5.82 Å². The third-order valence-electron chi connectivity index (χ3n) is 3.59. The van der Waals surface area contributed by atoms with Crippen molar-refractivity contribution >= 4 is 23.3 Å².